The zero-order valence-corrected chi connectivity index (χ0v) is 9.55. The third kappa shape index (κ3) is 2.38. The Balaban J connectivity index is 1.82. The van der Waals surface area contributed by atoms with E-state index >= 15 is 0 Å². The lowest BCUT2D eigenvalue weighted by atomic mass is 9.89. The van der Waals surface area contributed by atoms with Crippen LogP contribution in [0, 0.1) is 0 Å². The summed E-state index contributed by atoms with van der Waals surface area (Å²) in [4.78, 5) is 36.6. The van der Waals surface area contributed by atoms with Gasteiger partial charge in [-0.15, -0.1) is 0 Å². The van der Waals surface area contributed by atoms with Crippen LogP contribution in [0.15, 0.2) is 0 Å². The molecule has 0 spiro atoms. The summed E-state index contributed by atoms with van der Waals surface area (Å²) in [5, 5.41) is 11.7. The van der Waals surface area contributed by atoms with Gasteiger partial charge in [0.2, 0.25) is 5.91 Å². The average molecular weight is 241 g/mol. The summed E-state index contributed by atoms with van der Waals surface area (Å²) in [6.45, 7) is -0.219. The molecule has 0 unspecified atom stereocenters. The molecule has 2 aliphatic rings. The lowest BCUT2D eigenvalue weighted by Crippen LogP contribution is -2.50. The molecule has 2 fully saturated rings. The standard InChI is InChI=1S/C10H15N3O4/c1-12-5-9(16)13(10(12)17)4-8(15)11-6-2-7(14)3-6/h6-7,14H,2-5H2,1H3,(H,11,15). The highest BCUT2D eigenvalue weighted by Gasteiger charge is 2.36. The molecule has 0 aromatic heterocycles. The molecule has 0 aromatic carbocycles. The van der Waals surface area contributed by atoms with Crippen LogP contribution in [0.4, 0.5) is 4.79 Å². The third-order valence-electron chi connectivity index (χ3n) is 3.01. The number of hydrogen-bond donors (Lipinski definition) is 2. The zero-order valence-electron chi connectivity index (χ0n) is 9.55. The summed E-state index contributed by atoms with van der Waals surface area (Å²) >= 11 is 0. The average Bonchev–Trinajstić information content (AvgIpc) is 2.43. The summed E-state index contributed by atoms with van der Waals surface area (Å²) < 4.78 is 0. The van der Waals surface area contributed by atoms with Gasteiger partial charge in [-0.2, -0.15) is 0 Å². The van der Waals surface area contributed by atoms with Crippen LogP contribution < -0.4 is 5.32 Å². The van der Waals surface area contributed by atoms with Gasteiger partial charge < -0.3 is 15.3 Å². The Morgan fingerprint density at radius 3 is 2.59 bits per heavy atom. The molecule has 4 amide bonds. The lowest BCUT2D eigenvalue weighted by molar-refractivity contribution is -0.131. The first-order valence-electron chi connectivity index (χ1n) is 5.50. The van der Waals surface area contributed by atoms with E-state index in [1.54, 1.807) is 0 Å². The van der Waals surface area contributed by atoms with E-state index in [0.717, 1.165) is 4.90 Å². The van der Waals surface area contributed by atoms with Crippen LogP contribution in [-0.2, 0) is 9.59 Å². The molecule has 1 aliphatic carbocycles. The number of likely N-dealkylation sites (N-methyl/N-ethyl adjacent to an activating group) is 1. The molecular formula is C10H15N3O4. The maximum Gasteiger partial charge on any atom is 0.327 e. The number of nitrogens with zero attached hydrogens (tertiary/aromatic N) is 2. The SMILES string of the molecule is CN1CC(=O)N(CC(=O)NC2CC(O)C2)C1=O. The highest BCUT2D eigenvalue weighted by Crippen LogP contribution is 2.19. The molecule has 1 aliphatic heterocycles. The van der Waals surface area contributed by atoms with E-state index in [9.17, 15) is 14.4 Å². The van der Waals surface area contributed by atoms with Gasteiger partial charge in [0.25, 0.3) is 5.91 Å². The second kappa shape index (κ2) is 4.33. The highest BCUT2D eigenvalue weighted by molar-refractivity contribution is 6.04. The van der Waals surface area contributed by atoms with E-state index in [1.807, 2.05) is 0 Å². The van der Waals surface area contributed by atoms with Crippen LogP contribution in [0.25, 0.3) is 0 Å². The van der Waals surface area contributed by atoms with Crippen LogP contribution in [0.1, 0.15) is 12.8 Å². The molecule has 2 rings (SSSR count). The molecule has 7 heteroatoms. The van der Waals surface area contributed by atoms with Crippen molar-refractivity contribution in [3.8, 4) is 0 Å². The topological polar surface area (TPSA) is 90.0 Å². The number of aliphatic hydroxyl groups is 1. The van der Waals surface area contributed by atoms with Gasteiger partial charge in [-0.25, -0.2) is 4.79 Å². The van der Waals surface area contributed by atoms with Crippen molar-refractivity contribution in [2.75, 3.05) is 20.1 Å². The van der Waals surface area contributed by atoms with Crippen molar-refractivity contribution in [1.29, 1.82) is 0 Å². The Kier molecular flexibility index (Phi) is 3.01. The number of nitrogens with one attached hydrogen (secondary N) is 1. The van der Waals surface area contributed by atoms with Crippen LogP contribution in [0.2, 0.25) is 0 Å². The Bertz CT molecular complexity index is 365. The van der Waals surface area contributed by atoms with Crippen molar-refractivity contribution in [2.45, 2.75) is 25.0 Å². The number of carbonyl (C=O) groups excluding carboxylic acids is 3. The minimum atomic E-state index is -0.446. The summed E-state index contributed by atoms with van der Waals surface area (Å²) in [6.07, 6.45) is 0.725. The third-order valence-corrected chi connectivity index (χ3v) is 3.01. The summed E-state index contributed by atoms with van der Waals surface area (Å²) in [5.41, 5.74) is 0. The Morgan fingerprint density at radius 2 is 2.12 bits per heavy atom. The van der Waals surface area contributed by atoms with Crippen molar-refractivity contribution < 1.29 is 19.5 Å². The Morgan fingerprint density at radius 1 is 1.47 bits per heavy atom. The van der Waals surface area contributed by atoms with Crippen LogP contribution in [0.5, 0.6) is 0 Å². The van der Waals surface area contributed by atoms with Crippen molar-refractivity contribution in [3.05, 3.63) is 0 Å². The fourth-order valence-electron chi connectivity index (χ4n) is 1.95. The minimum absolute atomic E-state index is 0.0221. The summed E-state index contributed by atoms with van der Waals surface area (Å²) in [7, 11) is 1.51. The van der Waals surface area contributed by atoms with E-state index in [2.05, 4.69) is 5.32 Å². The number of imide groups is 1. The number of amides is 4. The maximum absolute atomic E-state index is 11.5. The number of hydrogen-bond acceptors (Lipinski definition) is 4. The van der Waals surface area contributed by atoms with E-state index in [4.69, 9.17) is 5.11 Å². The highest BCUT2D eigenvalue weighted by atomic mass is 16.3. The van der Waals surface area contributed by atoms with E-state index < -0.39 is 6.03 Å². The van der Waals surface area contributed by atoms with Crippen molar-refractivity contribution in [3.63, 3.8) is 0 Å². The Hall–Kier alpha value is -1.63. The first kappa shape index (κ1) is 11.8. The van der Waals surface area contributed by atoms with Gasteiger partial charge >= 0.3 is 6.03 Å². The van der Waals surface area contributed by atoms with Gasteiger partial charge in [-0.1, -0.05) is 0 Å². The monoisotopic (exact) mass is 241 g/mol. The number of aliphatic hydroxyl groups excluding tert-OH is 1. The molecule has 1 heterocycles. The van der Waals surface area contributed by atoms with Gasteiger partial charge in [-0.3, -0.25) is 14.5 Å². The fourth-order valence-corrected chi connectivity index (χ4v) is 1.95. The quantitative estimate of drug-likeness (QED) is 0.590. The number of carbonyl (C=O) groups is 3. The summed E-state index contributed by atoms with van der Waals surface area (Å²) in [6, 6.07) is -0.484. The first-order valence-corrected chi connectivity index (χ1v) is 5.50. The molecule has 1 saturated carbocycles. The molecule has 0 aromatic rings. The largest absolute Gasteiger partial charge is 0.393 e. The van der Waals surface area contributed by atoms with Crippen LogP contribution in [-0.4, -0.2) is 65.0 Å². The predicted molar refractivity (Wildman–Crippen MR) is 56.9 cm³/mol. The predicted octanol–water partition coefficient (Wildman–Crippen LogP) is -1.48. The second-order valence-corrected chi connectivity index (χ2v) is 4.51. The van der Waals surface area contributed by atoms with Crippen molar-refractivity contribution >= 4 is 17.8 Å². The maximum atomic E-state index is 11.5. The molecular weight excluding hydrogens is 226 g/mol. The minimum Gasteiger partial charge on any atom is -0.393 e. The van der Waals surface area contributed by atoms with Crippen molar-refractivity contribution in [2.24, 2.45) is 0 Å². The van der Waals surface area contributed by atoms with Gasteiger partial charge in [0.15, 0.2) is 0 Å². The summed E-state index contributed by atoms with van der Waals surface area (Å²) in [5.74, 6) is -0.722. The molecule has 0 radical (unpaired) electrons. The van der Waals surface area contributed by atoms with Crippen LogP contribution >= 0.6 is 0 Å². The molecule has 2 N–H and O–H groups in total. The molecule has 0 atom stereocenters. The van der Waals surface area contributed by atoms with Crippen molar-refractivity contribution in [1.82, 2.24) is 15.1 Å². The lowest BCUT2D eigenvalue weighted by Gasteiger charge is -2.32. The normalized spacial score (nSPS) is 28.4. The molecule has 17 heavy (non-hydrogen) atoms. The zero-order chi connectivity index (χ0) is 12.6. The van der Waals surface area contributed by atoms with E-state index in [0.29, 0.717) is 12.8 Å². The van der Waals surface area contributed by atoms with Gasteiger partial charge in [0, 0.05) is 13.1 Å². The number of urea groups is 1. The second-order valence-electron chi connectivity index (χ2n) is 4.51. The number of rotatable bonds is 3. The van der Waals surface area contributed by atoms with E-state index in [-0.39, 0.29) is 37.0 Å². The van der Waals surface area contributed by atoms with Crippen LogP contribution in [0.3, 0.4) is 0 Å². The van der Waals surface area contributed by atoms with Gasteiger partial charge in [0.05, 0.1) is 6.10 Å². The van der Waals surface area contributed by atoms with Gasteiger partial charge in [0.1, 0.15) is 13.1 Å². The molecule has 0 bridgehead atoms. The smallest absolute Gasteiger partial charge is 0.327 e. The van der Waals surface area contributed by atoms with E-state index in [1.165, 1.54) is 11.9 Å². The van der Waals surface area contributed by atoms with Gasteiger partial charge in [-0.05, 0) is 12.8 Å². The molecule has 94 valence electrons. The first-order chi connectivity index (χ1) is 7.97. The fraction of sp³-hybridized carbons (Fsp3) is 0.700. The molecule has 7 nitrogen and oxygen atoms in total. The molecule has 1 saturated heterocycles. The Labute approximate surface area is 98.4 Å².